The molecule has 3 heterocycles. The Morgan fingerprint density at radius 3 is 2.80 bits per heavy atom. The van der Waals surface area contributed by atoms with Crippen LogP contribution in [0.15, 0.2) is 66.1 Å². The van der Waals surface area contributed by atoms with Crippen LogP contribution in [0.5, 0.6) is 0 Å². The number of thioether (sulfide) groups is 1. The summed E-state index contributed by atoms with van der Waals surface area (Å²) in [7, 11) is 1.75. The third kappa shape index (κ3) is 3.15. The summed E-state index contributed by atoms with van der Waals surface area (Å²) in [5, 5.41) is 5.96. The van der Waals surface area contributed by atoms with E-state index in [4.69, 9.17) is 0 Å². The predicted molar refractivity (Wildman–Crippen MR) is 115 cm³/mol. The summed E-state index contributed by atoms with van der Waals surface area (Å²) in [5.74, 6) is 0.278. The molecule has 0 fully saturated rings. The molecular formula is C22H17N5O2S. The van der Waals surface area contributed by atoms with Gasteiger partial charge in [-0.3, -0.25) is 9.59 Å². The van der Waals surface area contributed by atoms with Crippen LogP contribution in [0.25, 0.3) is 16.7 Å². The molecule has 2 aromatic heterocycles. The number of carbonyl (C=O) groups excluding carboxylic acids is 2. The highest BCUT2D eigenvalue weighted by atomic mass is 32.2. The Bertz CT molecular complexity index is 1290. The Morgan fingerprint density at radius 1 is 1.13 bits per heavy atom. The first-order valence-electron chi connectivity index (χ1n) is 9.41. The zero-order valence-corrected chi connectivity index (χ0v) is 17.0. The molecular weight excluding hydrogens is 398 g/mol. The van der Waals surface area contributed by atoms with Gasteiger partial charge in [0.1, 0.15) is 11.4 Å². The Kier molecular flexibility index (Phi) is 4.55. The number of aromatic nitrogens is 4. The van der Waals surface area contributed by atoms with E-state index in [9.17, 15) is 9.59 Å². The van der Waals surface area contributed by atoms with E-state index < -0.39 is 0 Å². The minimum atomic E-state index is -0.00739. The normalized spacial score (nSPS) is 13.1. The monoisotopic (exact) mass is 415 g/mol. The molecule has 5 rings (SSSR count). The van der Waals surface area contributed by atoms with Crippen LogP contribution in [0, 0.1) is 0 Å². The Labute approximate surface area is 176 Å². The molecule has 2 aromatic carbocycles. The highest BCUT2D eigenvalue weighted by molar-refractivity contribution is 8.00. The second kappa shape index (κ2) is 7.38. The number of hydrogen-bond donors (Lipinski definition) is 0. The molecule has 7 nitrogen and oxygen atoms in total. The number of para-hydroxylation sites is 1. The van der Waals surface area contributed by atoms with Crippen molar-refractivity contribution in [1.82, 2.24) is 19.7 Å². The Balaban J connectivity index is 1.37. The molecule has 0 aliphatic carbocycles. The molecule has 0 atom stereocenters. The van der Waals surface area contributed by atoms with E-state index in [1.54, 1.807) is 28.9 Å². The summed E-state index contributed by atoms with van der Waals surface area (Å²) < 4.78 is 1.76. The van der Waals surface area contributed by atoms with E-state index in [2.05, 4.69) is 15.1 Å². The highest BCUT2D eigenvalue weighted by Gasteiger charge is 2.25. The van der Waals surface area contributed by atoms with E-state index >= 15 is 0 Å². The first-order chi connectivity index (χ1) is 14.6. The summed E-state index contributed by atoms with van der Waals surface area (Å²) >= 11 is 1.36. The van der Waals surface area contributed by atoms with Gasteiger partial charge in [-0.05, 0) is 35.9 Å². The van der Waals surface area contributed by atoms with Crippen LogP contribution < -0.4 is 4.90 Å². The quantitative estimate of drug-likeness (QED) is 0.283. The van der Waals surface area contributed by atoms with Crippen LogP contribution in [-0.2, 0) is 11.2 Å². The SMILES string of the molecule is CN1C(=O)Cc2cc(C(=O)CSc3ncnc4c3cnn4-c3ccccc3)ccc21. The fourth-order valence-electron chi connectivity index (χ4n) is 3.56. The maximum absolute atomic E-state index is 12.8. The number of likely N-dealkylation sites (N-methyl/N-ethyl adjacent to an activating group) is 1. The number of benzene rings is 2. The lowest BCUT2D eigenvalue weighted by Gasteiger charge is -2.10. The molecule has 4 aromatic rings. The zero-order chi connectivity index (χ0) is 20.7. The van der Waals surface area contributed by atoms with E-state index in [-0.39, 0.29) is 17.4 Å². The maximum Gasteiger partial charge on any atom is 0.231 e. The minimum Gasteiger partial charge on any atom is -0.315 e. The van der Waals surface area contributed by atoms with Crippen molar-refractivity contribution < 1.29 is 9.59 Å². The van der Waals surface area contributed by atoms with Gasteiger partial charge in [0.05, 0.1) is 29.4 Å². The molecule has 0 saturated carbocycles. The lowest BCUT2D eigenvalue weighted by atomic mass is 10.1. The Hall–Kier alpha value is -3.52. The molecule has 0 spiro atoms. The largest absolute Gasteiger partial charge is 0.315 e. The fourth-order valence-corrected chi connectivity index (χ4v) is 4.41. The van der Waals surface area contributed by atoms with E-state index in [1.165, 1.54) is 18.1 Å². The first-order valence-corrected chi connectivity index (χ1v) is 10.4. The number of rotatable bonds is 5. The predicted octanol–water partition coefficient (Wildman–Crippen LogP) is 3.31. The molecule has 8 heteroatoms. The average molecular weight is 415 g/mol. The number of hydrogen-bond acceptors (Lipinski definition) is 6. The Morgan fingerprint density at radius 2 is 1.97 bits per heavy atom. The van der Waals surface area contributed by atoms with Crippen LogP contribution in [0.3, 0.4) is 0 Å². The van der Waals surface area contributed by atoms with Crippen LogP contribution in [0.4, 0.5) is 5.69 Å². The van der Waals surface area contributed by atoms with E-state index in [0.717, 1.165) is 22.3 Å². The molecule has 148 valence electrons. The number of anilines is 1. The average Bonchev–Trinajstić information content (AvgIpc) is 3.33. The van der Waals surface area contributed by atoms with Gasteiger partial charge < -0.3 is 4.90 Å². The second-order valence-electron chi connectivity index (χ2n) is 6.99. The van der Waals surface area contributed by atoms with Gasteiger partial charge in [-0.1, -0.05) is 30.0 Å². The van der Waals surface area contributed by atoms with Crippen molar-refractivity contribution in [1.29, 1.82) is 0 Å². The van der Waals surface area contributed by atoms with Crippen LogP contribution >= 0.6 is 11.8 Å². The van der Waals surface area contributed by atoms with Crippen molar-refractivity contribution >= 4 is 40.2 Å². The van der Waals surface area contributed by atoms with Crippen molar-refractivity contribution in [2.75, 3.05) is 17.7 Å². The van der Waals surface area contributed by atoms with Crippen molar-refractivity contribution in [2.24, 2.45) is 0 Å². The molecule has 0 unspecified atom stereocenters. The molecule has 30 heavy (non-hydrogen) atoms. The smallest absolute Gasteiger partial charge is 0.231 e. The highest BCUT2D eigenvalue weighted by Crippen LogP contribution is 2.30. The van der Waals surface area contributed by atoms with Gasteiger partial charge in [0.2, 0.25) is 5.91 Å². The number of ketones is 1. The third-order valence-corrected chi connectivity index (χ3v) is 6.15. The zero-order valence-electron chi connectivity index (χ0n) is 16.1. The second-order valence-corrected chi connectivity index (χ2v) is 7.96. The third-order valence-electron chi connectivity index (χ3n) is 5.15. The summed E-state index contributed by atoms with van der Waals surface area (Å²) in [6.07, 6.45) is 3.56. The lowest BCUT2D eigenvalue weighted by Crippen LogP contribution is -2.20. The molecule has 0 saturated heterocycles. The first kappa shape index (κ1) is 18.5. The standard InChI is InChI=1S/C22H17N5O2S/c1-26-18-8-7-14(9-15(18)10-20(26)29)19(28)12-30-22-17-11-25-27(21(17)23-13-24-22)16-5-3-2-4-6-16/h2-9,11,13H,10,12H2,1H3. The molecule has 0 N–H and O–H groups in total. The summed E-state index contributed by atoms with van der Waals surface area (Å²) in [4.78, 5) is 35.0. The molecule has 0 bridgehead atoms. The summed E-state index contributed by atoms with van der Waals surface area (Å²) in [6.45, 7) is 0. The maximum atomic E-state index is 12.8. The van der Waals surface area contributed by atoms with Crippen molar-refractivity contribution in [3.63, 3.8) is 0 Å². The van der Waals surface area contributed by atoms with Gasteiger partial charge in [-0.25, -0.2) is 14.6 Å². The van der Waals surface area contributed by atoms with E-state index in [1.807, 2.05) is 42.5 Å². The number of fused-ring (bicyclic) bond motifs is 2. The van der Waals surface area contributed by atoms with Crippen LogP contribution in [-0.4, -0.2) is 44.2 Å². The van der Waals surface area contributed by atoms with Crippen molar-refractivity contribution in [3.8, 4) is 5.69 Å². The topological polar surface area (TPSA) is 81.0 Å². The van der Waals surface area contributed by atoms with Gasteiger partial charge in [-0.2, -0.15) is 5.10 Å². The van der Waals surface area contributed by atoms with Crippen molar-refractivity contribution in [3.05, 3.63) is 72.2 Å². The number of Topliss-reactive ketones (excluding diaryl/α,β-unsaturated/α-hetero) is 1. The number of carbonyl (C=O) groups is 2. The van der Waals surface area contributed by atoms with Crippen molar-refractivity contribution in [2.45, 2.75) is 11.4 Å². The molecule has 1 amide bonds. The van der Waals surface area contributed by atoms with E-state index in [0.29, 0.717) is 22.7 Å². The summed E-state index contributed by atoms with van der Waals surface area (Å²) in [6, 6.07) is 15.2. The lowest BCUT2D eigenvalue weighted by molar-refractivity contribution is -0.117. The molecule has 0 radical (unpaired) electrons. The van der Waals surface area contributed by atoms with Gasteiger partial charge in [0.15, 0.2) is 11.4 Å². The molecule has 1 aliphatic rings. The molecule has 1 aliphatic heterocycles. The van der Waals surface area contributed by atoms with Gasteiger partial charge in [-0.15, -0.1) is 0 Å². The van der Waals surface area contributed by atoms with Gasteiger partial charge in [0, 0.05) is 18.3 Å². The fraction of sp³-hybridized carbons (Fsp3) is 0.136. The summed E-state index contributed by atoms with van der Waals surface area (Å²) in [5.41, 5.74) is 3.98. The van der Waals surface area contributed by atoms with Gasteiger partial charge in [0.25, 0.3) is 0 Å². The number of nitrogens with zero attached hydrogens (tertiary/aromatic N) is 5. The minimum absolute atomic E-state index is 0.00739. The van der Waals surface area contributed by atoms with Gasteiger partial charge >= 0.3 is 0 Å². The van der Waals surface area contributed by atoms with Crippen LogP contribution in [0.2, 0.25) is 0 Å². The van der Waals surface area contributed by atoms with Crippen LogP contribution in [0.1, 0.15) is 15.9 Å². The number of amides is 1.